The number of ether oxygens (including phenoxy) is 1. The van der Waals surface area contributed by atoms with Gasteiger partial charge in [0.05, 0.1) is 12.7 Å². The first-order chi connectivity index (χ1) is 7.54. The van der Waals surface area contributed by atoms with E-state index in [-0.39, 0.29) is 6.04 Å². The summed E-state index contributed by atoms with van der Waals surface area (Å²) in [6.07, 6.45) is 5.35. The minimum Gasteiger partial charge on any atom is -0.377 e. The lowest BCUT2D eigenvalue weighted by Crippen LogP contribution is -2.36. The molecule has 0 bridgehead atoms. The quantitative estimate of drug-likeness (QED) is 0.783. The average molecular weight is 227 g/mol. The van der Waals surface area contributed by atoms with E-state index in [1.165, 1.54) is 19.3 Å². The molecule has 0 aromatic carbocycles. The molecule has 5 atom stereocenters. The molecule has 1 rings (SSSR count). The van der Waals surface area contributed by atoms with Crippen LogP contribution in [-0.4, -0.2) is 18.8 Å². The van der Waals surface area contributed by atoms with Crippen LogP contribution >= 0.6 is 0 Å². The maximum Gasteiger partial charge on any atom is 0.0623 e. The molecule has 0 saturated heterocycles. The summed E-state index contributed by atoms with van der Waals surface area (Å²) in [6, 6.07) is 0.208. The lowest BCUT2D eigenvalue weighted by Gasteiger charge is -2.33. The van der Waals surface area contributed by atoms with Crippen molar-refractivity contribution in [2.75, 3.05) is 6.61 Å². The highest BCUT2D eigenvalue weighted by Crippen LogP contribution is 2.31. The maximum absolute atomic E-state index is 6.08. The molecule has 0 radical (unpaired) electrons. The zero-order valence-corrected chi connectivity index (χ0v) is 11.4. The average Bonchev–Trinajstić information content (AvgIpc) is 2.29. The summed E-state index contributed by atoms with van der Waals surface area (Å²) >= 11 is 0. The van der Waals surface area contributed by atoms with Gasteiger partial charge in [-0.3, -0.25) is 0 Å². The van der Waals surface area contributed by atoms with Crippen molar-refractivity contribution in [3.8, 4) is 0 Å². The predicted octanol–water partition coefficient (Wildman–Crippen LogP) is 3.20. The fraction of sp³-hybridized carbons (Fsp3) is 1.00. The molecule has 0 aromatic rings. The number of hydrogen-bond acceptors (Lipinski definition) is 2. The van der Waals surface area contributed by atoms with Crippen molar-refractivity contribution in [1.29, 1.82) is 0 Å². The summed E-state index contributed by atoms with van der Waals surface area (Å²) in [5, 5.41) is 0. The van der Waals surface area contributed by atoms with Crippen LogP contribution in [0.4, 0.5) is 0 Å². The minimum absolute atomic E-state index is 0.208. The smallest absolute Gasteiger partial charge is 0.0623 e. The molecule has 5 unspecified atom stereocenters. The molecule has 1 aliphatic rings. The first-order valence-corrected chi connectivity index (χ1v) is 6.91. The largest absolute Gasteiger partial charge is 0.377 e. The molecule has 1 saturated carbocycles. The van der Waals surface area contributed by atoms with Crippen LogP contribution in [0.15, 0.2) is 0 Å². The Morgan fingerprint density at radius 2 is 1.94 bits per heavy atom. The Kier molecular flexibility index (Phi) is 5.77. The second-order valence-corrected chi connectivity index (χ2v) is 5.77. The number of rotatable bonds is 5. The second kappa shape index (κ2) is 6.61. The lowest BCUT2D eigenvalue weighted by molar-refractivity contribution is -0.00863. The molecule has 0 heterocycles. The van der Waals surface area contributed by atoms with Crippen molar-refractivity contribution in [2.24, 2.45) is 23.5 Å². The summed E-state index contributed by atoms with van der Waals surface area (Å²) in [4.78, 5) is 0. The predicted molar refractivity (Wildman–Crippen MR) is 69.3 cm³/mol. The van der Waals surface area contributed by atoms with Gasteiger partial charge in [0.1, 0.15) is 0 Å². The van der Waals surface area contributed by atoms with Gasteiger partial charge in [-0.1, -0.05) is 34.1 Å². The van der Waals surface area contributed by atoms with Gasteiger partial charge in [0.25, 0.3) is 0 Å². The molecule has 16 heavy (non-hydrogen) atoms. The van der Waals surface area contributed by atoms with Gasteiger partial charge in [-0.15, -0.1) is 0 Å². The molecule has 96 valence electrons. The highest BCUT2D eigenvalue weighted by atomic mass is 16.5. The Hall–Kier alpha value is -0.0800. The fourth-order valence-corrected chi connectivity index (χ4v) is 2.36. The zero-order valence-electron chi connectivity index (χ0n) is 11.4. The monoisotopic (exact) mass is 227 g/mol. The van der Waals surface area contributed by atoms with Crippen molar-refractivity contribution in [3.63, 3.8) is 0 Å². The molecule has 1 aliphatic carbocycles. The molecule has 0 aliphatic heterocycles. The van der Waals surface area contributed by atoms with Crippen LogP contribution in [0, 0.1) is 17.8 Å². The van der Waals surface area contributed by atoms with Crippen LogP contribution in [-0.2, 0) is 4.74 Å². The van der Waals surface area contributed by atoms with Crippen LogP contribution in [0.1, 0.15) is 53.4 Å². The van der Waals surface area contributed by atoms with Gasteiger partial charge in [-0.05, 0) is 37.0 Å². The molecular weight excluding hydrogens is 198 g/mol. The van der Waals surface area contributed by atoms with E-state index in [9.17, 15) is 0 Å². The van der Waals surface area contributed by atoms with Gasteiger partial charge in [0, 0.05) is 6.04 Å². The van der Waals surface area contributed by atoms with Crippen molar-refractivity contribution in [1.82, 2.24) is 0 Å². The van der Waals surface area contributed by atoms with Crippen LogP contribution in [0.5, 0.6) is 0 Å². The Morgan fingerprint density at radius 3 is 2.50 bits per heavy atom. The van der Waals surface area contributed by atoms with Crippen LogP contribution in [0.3, 0.4) is 0 Å². The molecule has 2 N–H and O–H groups in total. The van der Waals surface area contributed by atoms with E-state index in [1.807, 2.05) is 0 Å². The molecule has 2 nitrogen and oxygen atoms in total. The summed E-state index contributed by atoms with van der Waals surface area (Å²) in [5.74, 6) is 2.24. The molecule has 0 aromatic heterocycles. The maximum atomic E-state index is 6.08. The Balaban J connectivity index is 2.23. The zero-order chi connectivity index (χ0) is 12.1. The van der Waals surface area contributed by atoms with Crippen molar-refractivity contribution in [2.45, 2.75) is 65.5 Å². The standard InChI is InChI=1S/C14H29NO/c1-5-10(2)14(15)9-16-13-7-6-11(3)12(4)8-13/h10-14H,5-9,15H2,1-4H3. The van der Waals surface area contributed by atoms with E-state index in [2.05, 4.69) is 27.7 Å². The fourth-order valence-electron chi connectivity index (χ4n) is 2.36. The topological polar surface area (TPSA) is 35.2 Å². The van der Waals surface area contributed by atoms with Crippen LogP contribution < -0.4 is 5.73 Å². The summed E-state index contributed by atoms with van der Waals surface area (Å²) in [5.41, 5.74) is 6.08. The molecule has 0 amide bonds. The minimum atomic E-state index is 0.208. The number of hydrogen-bond donors (Lipinski definition) is 1. The lowest BCUT2D eigenvalue weighted by atomic mass is 9.80. The molecule has 2 heteroatoms. The van der Waals surface area contributed by atoms with E-state index < -0.39 is 0 Å². The normalized spacial score (nSPS) is 34.7. The van der Waals surface area contributed by atoms with Crippen LogP contribution in [0.2, 0.25) is 0 Å². The van der Waals surface area contributed by atoms with E-state index in [1.54, 1.807) is 0 Å². The summed E-state index contributed by atoms with van der Waals surface area (Å²) < 4.78 is 5.96. The van der Waals surface area contributed by atoms with E-state index in [4.69, 9.17) is 10.5 Å². The number of nitrogens with two attached hydrogens (primary N) is 1. The third kappa shape index (κ3) is 4.06. The van der Waals surface area contributed by atoms with Crippen molar-refractivity contribution in [3.05, 3.63) is 0 Å². The molecular formula is C14H29NO. The Labute approximate surface area is 101 Å². The molecule has 1 fully saturated rings. The van der Waals surface area contributed by atoms with Crippen molar-refractivity contribution >= 4 is 0 Å². The van der Waals surface area contributed by atoms with Gasteiger partial charge >= 0.3 is 0 Å². The third-order valence-corrected chi connectivity index (χ3v) is 4.45. The summed E-state index contributed by atoms with van der Waals surface area (Å²) in [6.45, 7) is 9.83. The Bertz CT molecular complexity index is 195. The van der Waals surface area contributed by atoms with Gasteiger partial charge in [-0.2, -0.15) is 0 Å². The Morgan fingerprint density at radius 1 is 1.25 bits per heavy atom. The van der Waals surface area contributed by atoms with Gasteiger partial charge in [0.2, 0.25) is 0 Å². The van der Waals surface area contributed by atoms with Gasteiger partial charge in [0.15, 0.2) is 0 Å². The molecule has 0 spiro atoms. The third-order valence-electron chi connectivity index (χ3n) is 4.45. The van der Waals surface area contributed by atoms with Gasteiger partial charge in [-0.25, -0.2) is 0 Å². The van der Waals surface area contributed by atoms with E-state index in [0.717, 1.165) is 24.9 Å². The van der Waals surface area contributed by atoms with E-state index in [0.29, 0.717) is 12.0 Å². The first-order valence-electron chi connectivity index (χ1n) is 6.91. The van der Waals surface area contributed by atoms with Gasteiger partial charge < -0.3 is 10.5 Å². The van der Waals surface area contributed by atoms with Crippen LogP contribution in [0.25, 0.3) is 0 Å². The van der Waals surface area contributed by atoms with Crippen molar-refractivity contribution < 1.29 is 4.74 Å². The van der Waals surface area contributed by atoms with E-state index >= 15 is 0 Å². The second-order valence-electron chi connectivity index (χ2n) is 5.77. The SMILES string of the molecule is CCC(C)C(N)COC1CCC(C)C(C)C1. The summed E-state index contributed by atoms with van der Waals surface area (Å²) in [7, 11) is 0. The highest BCUT2D eigenvalue weighted by Gasteiger charge is 2.25. The first kappa shape index (κ1) is 14.0. The highest BCUT2D eigenvalue weighted by molar-refractivity contribution is 4.76.